The fourth-order valence-corrected chi connectivity index (χ4v) is 1.38. The largest absolute Gasteiger partial charge is 0.333 e. The number of allylic oxidation sites excluding steroid dienone is 5. The molecule has 0 saturated carbocycles. The van der Waals surface area contributed by atoms with E-state index in [4.69, 9.17) is 0 Å². The minimum atomic E-state index is 0.964. The molecular weight excluding hydrogens is 202 g/mol. The molecule has 0 aromatic rings. The van der Waals surface area contributed by atoms with Gasteiger partial charge in [-0.25, -0.2) is 0 Å². The lowest BCUT2D eigenvalue weighted by molar-refractivity contribution is 0.795. The highest BCUT2D eigenvalue weighted by Gasteiger charge is 1.99. The molecule has 0 heterocycles. The summed E-state index contributed by atoms with van der Waals surface area (Å²) in [7, 11) is 0. The van der Waals surface area contributed by atoms with Gasteiger partial charge in [-0.3, -0.25) is 0 Å². The highest BCUT2D eigenvalue weighted by atomic mass is 32.1. The summed E-state index contributed by atoms with van der Waals surface area (Å²) in [4.78, 5) is 0. The molecule has 0 aliphatic rings. The molecule has 0 rings (SSSR count). The van der Waals surface area contributed by atoms with Crippen LogP contribution in [-0.4, -0.2) is 0 Å². The number of hydrogen-bond donors (Lipinski definition) is 2. The van der Waals surface area contributed by atoms with Gasteiger partial charge in [0, 0.05) is 5.70 Å². The fourth-order valence-electron chi connectivity index (χ4n) is 1.19. The number of unbranched alkanes of at least 4 members (excludes halogenated alkanes) is 1. The molecule has 0 unspecified atom stereocenters. The Morgan fingerprint density at radius 1 is 1.47 bits per heavy atom. The quantitative estimate of drug-likeness (QED) is 0.487. The van der Waals surface area contributed by atoms with Crippen LogP contribution in [0.15, 0.2) is 48.2 Å². The number of rotatable bonds is 7. The number of thiol groups is 1. The lowest BCUT2D eigenvalue weighted by Crippen LogP contribution is -1.97. The molecule has 0 aliphatic carbocycles. The van der Waals surface area contributed by atoms with Crippen molar-refractivity contribution >= 4 is 12.8 Å². The van der Waals surface area contributed by atoms with Crippen molar-refractivity contribution in [2.24, 2.45) is 0 Å². The predicted molar refractivity (Wildman–Crippen MR) is 72.8 cm³/mol. The zero-order valence-corrected chi connectivity index (χ0v) is 10.6. The van der Waals surface area contributed by atoms with Crippen molar-refractivity contribution in [3.8, 4) is 0 Å². The Morgan fingerprint density at radius 3 is 2.53 bits per heavy atom. The first-order valence-corrected chi connectivity index (χ1v) is 5.73. The third-order valence-corrected chi connectivity index (χ3v) is 2.47. The van der Waals surface area contributed by atoms with E-state index in [1.54, 1.807) is 0 Å². The van der Waals surface area contributed by atoms with E-state index >= 15 is 0 Å². The van der Waals surface area contributed by atoms with Crippen molar-refractivity contribution < 1.29 is 0 Å². The Morgan fingerprint density at radius 2 is 2.13 bits per heavy atom. The highest BCUT2D eigenvalue weighted by molar-refractivity contribution is 7.78. The van der Waals surface area contributed by atoms with Gasteiger partial charge in [-0.1, -0.05) is 51.5 Å². The van der Waals surface area contributed by atoms with Gasteiger partial charge in [-0.15, -0.1) is 0 Å². The zero-order chi connectivity index (χ0) is 11.7. The van der Waals surface area contributed by atoms with Crippen LogP contribution in [0.25, 0.3) is 0 Å². The van der Waals surface area contributed by atoms with Gasteiger partial charge >= 0.3 is 0 Å². The van der Waals surface area contributed by atoms with E-state index < -0.39 is 0 Å². The molecule has 1 nitrogen and oxygen atoms in total. The lowest BCUT2D eigenvalue weighted by Gasteiger charge is -2.07. The first-order chi connectivity index (χ1) is 7.19. The number of nitrogens with one attached hydrogen (secondary N) is 1. The third-order valence-electron chi connectivity index (χ3n) is 2.21. The Balaban J connectivity index is 4.60. The van der Waals surface area contributed by atoms with Crippen molar-refractivity contribution in [2.45, 2.75) is 33.1 Å². The normalized spacial score (nSPS) is 12.5. The van der Waals surface area contributed by atoms with Gasteiger partial charge < -0.3 is 4.72 Å². The molecule has 0 radical (unpaired) electrons. The van der Waals surface area contributed by atoms with Crippen LogP contribution >= 0.6 is 12.8 Å². The highest BCUT2D eigenvalue weighted by Crippen LogP contribution is 2.17. The van der Waals surface area contributed by atoms with E-state index in [2.05, 4.69) is 37.6 Å². The minimum Gasteiger partial charge on any atom is -0.333 e. The van der Waals surface area contributed by atoms with Crippen molar-refractivity contribution in [3.63, 3.8) is 0 Å². The Bertz CT molecular complexity index is 274. The van der Waals surface area contributed by atoms with Crippen molar-refractivity contribution in [1.82, 2.24) is 4.72 Å². The first-order valence-electron chi connectivity index (χ1n) is 5.28. The Labute approximate surface area is 99.2 Å². The molecular formula is C13H21NS. The minimum absolute atomic E-state index is 0.964. The van der Waals surface area contributed by atoms with Gasteiger partial charge in [0.05, 0.1) is 0 Å². The topological polar surface area (TPSA) is 12.0 Å². The molecule has 2 heteroatoms. The van der Waals surface area contributed by atoms with Crippen LogP contribution in [-0.2, 0) is 0 Å². The summed E-state index contributed by atoms with van der Waals surface area (Å²) >= 11 is 4.02. The predicted octanol–water partition coefficient (Wildman–Crippen LogP) is 4.18. The first kappa shape index (κ1) is 14.1. The van der Waals surface area contributed by atoms with Crippen molar-refractivity contribution in [2.75, 3.05) is 0 Å². The standard InChI is InChI=1S/C13H21NS/c1-5-8-9-11(4)12(6-2)10-13(7-3)14-15/h6-7,10,14-15H,2,4-5,8-9H2,1,3H3/b12-10+,13-7+. The molecule has 0 atom stereocenters. The van der Waals surface area contributed by atoms with Gasteiger partial charge in [-0.05, 0) is 37.0 Å². The summed E-state index contributed by atoms with van der Waals surface area (Å²) < 4.78 is 2.82. The van der Waals surface area contributed by atoms with Crippen LogP contribution in [0, 0.1) is 0 Å². The molecule has 0 fully saturated rings. The second-order valence-corrected chi connectivity index (χ2v) is 3.59. The maximum atomic E-state index is 4.07. The molecule has 84 valence electrons. The molecule has 15 heavy (non-hydrogen) atoms. The van der Waals surface area contributed by atoms with E-state index in [0.717, 1.165) is 23.3 Å². The van der Waals surface area contributed by atoms with Crippen molar-refractivity contribution in [1.29, 1.82) is 0 Å². The summed E-state index contributed by atoms with van der Waals surface area (Å²) in [6.45, 7) is 12.0. The molecule has 0 aromatic carbocycles. The monoisotopic (exact) mass is 223 g/mol. The van der Waals surface area contributed by atoms with Crippen LogP contribution in [0.2, 0.25) is 0 Å². The van der Waals surface area contributed by atoms with Crippen LogP contribution < -0.4 is 4.72 Å². The molecule has 1 N–H and O–H groups in total. The summed E-state index contributed by atoms with van der Waals surface area (Å²) in [5.74, 6) is 0. The SMILES string of the molecule is C=C/C(=C\C(=C/C)NS)C(=C)CCCC. The molecule has 0 spiro atoms. The van der Waals surface area contributed by atoms with E-state index in [1.807, 2.05) is 25.2 Å². The summed E-state index contributed by atoms with van der Waals surface area (Å²) in [6, 6.07) is 0. The van der Waals surface area contributed by atoms with Gasteiger partial charge in [0.1, 0.15) is 0 Å². The van der Waals surface area contributed by atoms with Gasteiger partial charge in [0.25, 0.3) is 0 Å². The van der Waals surface area contributed by atoms with Crippen LogP contribution in [0.3, 0.4) is 0 Å². The van der Waals surface area contributed by atoms with Gasteiger partial charge in [-0.2, -0.15) is 0 Å². The van der Waals surface area contributed by atoms with Gasteiger partial charge in [0.2, 0.25) is 0 Å². The Kier molecular flexibility index (Phi) is 7.92. The molecule has 0 saturated heterocycles. The maximum Gasteiger partial charge on any atom is 0.0400 e. The Hall–Kier alpha value is -0.890. The second-order valence-electron chi connectivity index (χ2n) is 3.37. The van der Waals surface area contributed by atoms with Crippen LogP contribution in [0.4, 0.5) is 0 Å². The lowest BCUT2D eigenvalue weighted by atomic mass is 10.0. The average Bonchev–Trinajstić information content (AvgIpc) is 2.27. The van der Waals surface area contributed by atoms with E-state index in [9.17, 15) is 0 Å². The average molecular weight is 223 g/mol. The number of hydrogen-bond acceptors (Lipinski definition) is 2. The molecule has 0 aliphatic heterocycles. The van der Waals surface area contributed by atoms with Crippen LogP contribution in [0.1, 0.15) is 33.1 Å². The van der Waals surface area contributed by atoms with Gasteiger partial charge in [0.15, 0.2) is 0 Å². The summed E-state index contributed by atoms with van der Waals surface area (Å²) in [5.41, 5.74) is 3.18. The molecule has 0 aromatic heterocycles. The van der Waals surface area contributed by atoms with E-state index in [0.29, 0.717) is 0 Å². The van der Waals surface area contributed by atoms with E-state index in [1.165, 1.54) is 12.8 Å². The fraction of sp³-hybridized carbons (Fsp3) is 0.385. The van der Waals surface area contributed by atoms with Crippen molar-refractivity contribution in [3.05, 3.63) is 48.2 Å². The molecule has 0 bridgehead atoms. The molecule has 0 amide bonds. The zero-order valence-electron chi connectivity index (χ0n) is 9.71. The smallest absolute Gasteiger partial charge is 0.0400 e. The summed E-state index contributed by atoms with van der Waals surface area (Å²) in [5, 5.41) is 0. The summed E-state index contributed by atoms with van der Waals surface area (Å²) in [6.07, 6.45) is 9.19. The second kappa shape index (κ2) is 8.42. The van der Waals surface area contributed by atoms with E-state index in [-0.39, 0.29) is 0 Å². The third kappa shape index (κ3) is 5.53. The maximum absolute atomic E-state index is 4.07. The van der Waals surface area contributed by atoms with Crippen LogP contribution in [0.5, 0.6) is 0 Å².